The molecular weight excluding hydrogens is 240 g/mol. The maximum atomic E-state index is 6.63. The predicted molar refractivity (Wildman–Crippen MR) is 80.1 cm³/mol. The zero-order valence-corrected chi connectivity index (χ0v) is 12.6. The van der Waals surface area contributed by atoms with E-state index in [4.69, 9.17) is 11.6 Å². The molecule has 0 radical (unpaired) electrons. The Balaban J connectivity index is 2.06. The number of halogens is 1. The monoisotopic (exact) mass is 264 g/mol. The summed E-state index contributed by atoms with van der Waals surface area (Å²) in [6, 6.07) is 10.8. The molecule has 0 N–H and O–H groups in total. The van der Waals surface area contributed by atoms with Gasteiger partial charge in [0.2, 0.25) is 0 Å². The molecule has 2 rings (SSSR count). The van der Waals surface area contributed by atoms with Crippen molar-refractivity contribution in [1.82, 2.24) is 0 Å². The Bertz CT molecular complexity index is 368. The van der Waals surface area contributed by atoms with E-state index in [0.717, 1.165) is 12.3 Å². The van der Waals surface area contributed by atoms with E-state index < -0.39 is 0 Å². The summed E-state index contributed by atoms with van der Waals surface area (Å²) < 4.78 is 0. The van der Waals surface area contributed by atoms with Crippen molar-refractivity contribution in [2.75, 3.05) is 0 Å². The summed E-state index contributed by atoms with van der Waals surface area (Å²) >= 11 is 6.63. The van der Waals surface area contributed by atoms with Crippen molar-refractivity contribution in [1.29, 1.82) is 0 Å². The van der Waals surface area contributed by atoms with Gasteiger partial charge in [0.1, 0.15) is 0 Å². The number of rotatable bonds is 3. The van der Waals surface area contributed by atoms with Gasteiger partial charge in [0, 0.05) is 5.38 Å². The molecule has 18 heavy (non-hydrogen) atoms. The molecule has 1 aromatic rings. The number of hydrogen-bond donors (Lipinski definition) is 0. The van der Waals surface area contributed by atoms with Crippen molar-refractivity contribution < 1.29 is 0 Å². The molecule has 0 aromatic heterocycles. The van der Waals surface area contributed by atoms with Crippen molar-refractivity contribution >= 4 is 11.6 Å². The summed E-state index contributed by atoms with van der Waals surface area (Å²) in [6.45, 7) is 7.10. The maximum absolute atomic E-state index is 6.63. The van der Waals surface area contributed by atoms with E-state index in [2.05, 4.69) is 51.1 Å². The first kappa shape index (κ1) is 13.9. The molecular formula is C17H25Cl. The van der Waals surface area contributed by atoms with E-state index in [-0.39, 0.29) is 0 Å². The van der Waals surface area contributed by atoms with Gasteiger partial charge in [-0.3, -0.25) is 0 Å². The second kappa shape index (κ2) is 5.65. The van der Waals surface area contributed by atoms with Crippen LogP contribution in [0.5, 0.6) is 0 Å². The summed E-state index contributed by atoms with van der Waals surface area (Å²) in [6.07, 6.45) is 4.95. The van der Waals surface area contributed by atoms with Crippen molar-refractivity contribution in [3.63, 3.8) is 0 Å². The third-order valence-corrected chi connectivity index (χ3v) is 5.02. The second-order valence-corrected chi connectivity index (χ2v) is 7.25. The highest BCUT2D eigenvalue weighted by atomic mass is 35.5. The Kier molecular flexibility index (Phi) is 4.37. The van der Waals surface area contributed by atoms with Crippen molar-refractivity contribution in [3.8, 4) is 0 Å². The van der Waals surface area contributed by atoms with Crippen LogP contribution in [0.3, 0.4) is 0 Å². The smallest absolute Gasteiger partial charge is 0.0372 e. The van der Waals surface area contributed by atoms with E-state index in [9.17, 15) is 0 Å². The van der Waals surface area contributed by atoms with Gasteiger partial charge in [-0.15, -0.1) is 11.6 Å². The molecule has 0 bridgehead atoms. The Morgan fingerprint density at radius 2 is 1.83 bits per heavy atom. The number of hydrogen-bond acceptors (Lipinski definition) is 0. The highest BCUT2D eigenvalue weighted by molar-refractivity contribution is 6.20. The fraction of sp³-hybridized carbons (Fsp3) is 0.647. The van der Waals surface area contributed by atoms with Crippen LogP contribution in [-0.2, 0) is 6.42 Å². The molecule has 3 unspecified atom stereocenters. The zero-order valence-electron chi connectivity index (χ0n) is 11.8. The van der Waals surface area contributed by atoms with Crippen LogP contribution in [0.1, 0.15) is 45.6 Å². The van der Waals surface area contributed by atoms with Gasteiger partial charge in [-0.25, -0.2) is 0 Å². The summed E-state index contributed by atoms with van der Waals surface area (Å²) in [5.74, 6) is 1.45. The molecule has 0 saturated heterocycles. The SMILES string of the molecule is CC1CCC(C(C)(C)Cc2ccccc2)C(Cl)C1. The van der Waals surface area contributed by atoms with Gasteiger partial charge in [-0.1, -0.05) is 57.5 Å². The van der Waals surface area contributed by atoms with Gasteiger partial charge in [-0.05, 0) is 42.1 Å². The molecule has 1 aliphatic carbocycles. The molecule has 1 aliphatic rings. The van der Waals surface area contributed by atoms with Crippen LogP contribution in [-0.4, -0.2) is 5.38 Å². The van der Waals surface area contributed by atoms with E-state index in [1.54, 1.807) is 0 Å². The van der Waals surface area contributed by atoms with Crippen LogP contribution in [0, 0.1) is 17.3 Å². The van der Waals surface area contributed by atoms with Crippen molar-refractivity contribution in [2.45, 2.75) is 51.8 Å². The molecule has 0 amide bonds. The van der Waals surface area contributed by atoms with Crippen LogP contribution >= 0.6 is 11.6 Å². The van der Waals surface area contributed by atoms with Crippen LogP contribution in [0.25, 0.3) is 0 Å². The lowest BCUT2D eigenvalue weighted by atomic mass is 9.66. The number of alkyl halides is 1. The molecule has 0 spiro atoms. The topological polar surface area (TPSA) is 0 Å². The third kappa shape index (κ3) is 3.29. The Labute approximate surface area is 117 Å². The normalized spacial score (nSPS) is 29.2. The lowest BCUT2D eigenvalue weighted by molar-refractivity contribution is 0.142. The fourth-order valence-corrected chi connectivity index (χ4v) is 4.22. The molecule has 1 fully saturated rings. The summed E-state index contributed by atoms with van der Waals surface area (Å²) in [4.78, 5) is 0. The summed E-state index contributed by atoms with van der Waals surface area (Å²) in [7, 11) is 0. The average molecular weight is 265 g/mol. The van der Waals surface area contributed by atoms with Gasteiger partial charge < -0.3 is 0 Å². The fourth-order valence-electron chi connectivity index (χ4n) is 3.44. The molecule has 1 saturated carbocycles. The summed E-state index contributed by atoms with van der Waals surface area (Å²) in [5, 5.41) is 0.354. The van der Waals surface area contributed by atoms with Crippen molar-refractivity contribution in [3.05, 3.63) is 35.9 Å². The Morgan fingerprint density at radius 3 is 2.44 bits per heavy atom. The first-order valence-corrected chi connectivity index (χ1v) is 7.60. The largest absolute Gasteiger partial charge is 0.123 e. The minimum atomic E-state index is 0.300. The predicted octanol–water partition coefficient (Wildman–Crippen LogP) is 5.30. The maximum Gasteiger partial charge on any atom is 0.0372 e. The lowest BCUT2D eigenvalue weighted by Gasteiger charge is -2.42. The van der Waals surface area contributed by atoms with Crippen LogP contribution < -0.4 is 0 Å². The minimum absolute atomic E-state index is 0.300. The van der Waals surface area contributed by atoms with E-state index in [1.165, 1.54) is 24.8 Å². The second-order valence-electron chi connectivity index (χ2n) is 6.69. The molecule has 1 aromatic carbocycles. The van der Waals surface area contributed by atoms with E-state index in [1.807, 2.05) is 0 Å². The van der Waals surface area contributed by atoms with Crippen LogP contribution in [0.4, 0.5) is 0 Å². The standard InChI is InChI=1S/C17H25Cl/c1-13-9-10-15(16(18)11-13)17(2,3)12-14-7-5-4-6-8-14/h4-8,13,15-16H,9-12H2,1-3H3. The zero-order chi connectivity index (χ0) is 13.2. The minimum Gasteiger partial charge on any atom is -0.123 e. The van der Waals surface area contributed by atoms with Crippen LogP contribution in [0.15, 0.2) is 30.3 Å². The molecule has 1 heteroatoms. The number of benzene rings is 1. The third-order valence-electron chi connectivity index (χ3n) is 4.54. The van der Waals surface area contributed by atoms with Gasteiger partial charge in [0.05, 0.1) is 0 Å². The van der Waals surface area contributed by atoms with Gasteiger partial charge in [0.15, 0.2) is 0 Å². The highest BCUT2D eigenvalue weighted by Gasteiger charge is 2.37. The van der Waals surface area contributed by atoms with Gasteiger partial charge in [0.25, 0.3) is 0 Å². The highest BCUT2D eigenvalue weighted by Crippen LogP contribution is 2.44. The van der Waals surface area contributed by atoms with Gasteiger partial charge in [-0.2, -0.15) is 0 Å². The van der Waals surface area contributed by atoms with E-state index >= 15 is 0 Å². The molecule has 0 nitrogen and oxygen atoms in total. The Morgan fingerprint density at radius 1 is 1.17 bits per heavy atom. The van der Waals surface area contributed by atoms with Crippen LogP contribution in [0.2, 0.25) is 0 Å². The Hall–Kier alpha value is -0.490. The first-order valence-electron chi connectivity index (χ1n) is 7.17. The van der Waals surface area contributed by atoms with Gasteiger partial charge >= 0.3 is 0 Å². The lowest BCUT2D eigenvalue weighted by Crippen LogP contribution is -2.37. The van der Waals surface area contributed by atoms with Crippen molar-refractivity contribution in [2.24, 2.45) is 17.3 Å². The average Bonchev–Trinajstić information content (AvgIpc) is 2.29. The summed E-state index contributed by atoms with van der Waals surface area (Å²) in [5.41, 5.74) is 1.73. The molecule has 0 aliphatic heterocycles. The quantitative estimate of drug-likeness (QED) is 0.650. The first-order chi connectivity index (χ1) is 8.49. The molecule has 3 atom stereocenters. The molecule has 100 valence electrons. The molecule has 0 heterocycles. The van der Waals surface area contributed by atoms with E-state index in [0.29, 0.717) is 16.7 Å².